The number of halogens is 4. The van der Waals surface area contributed by atoms with Crippen molar-refractivity contribution in [2.45, 2.75) is 24.4 Å². The number of anilines is 1. The van der Waals surface area contributed by atoms with Gasteiger partial charge in [0.1, 0.15) is 24.1 Å². The number of amidine groups is 1. The van der Waals surface area contributed by atoms with Crippen molar-refractivity contribution in [1.82, 2.24) is 9.80 Å². The molecule has 2 N–H and O–H groups in total. The Morgan fingerprint density at radius 2 is 1.92 bits per heavy atom. The van der Waals surface area contributed by atoms with Gasteiger partial charge in [-0.3, -0.25) is 18.9 Å². The third-order valence-electron chi connectivity index (χ3n) is 6.34. The van der Waals surface area contributed by atoms with E-state index in [9.17, 15) is 31.2 Å². The molecule has 16 heteroatoms. The normalized spacial score (nSPS) is 21.4. The Hall–Kier alpha value is -2.78. The Labute approximate surface area is 232 Å². The zero-order valence-corrected chi connectivity index (χ0v) is 23.2. The predicted molar refractivity (Wildman–Crippen MR) is 144 cm³/mol. The third kappa shape index (κ3) is 7.25. The molecule has 0 aromatic heterocycles. The first kappa shape index (κ1) is 29.2. The number of allylic oxidation sites excluding steroid dienone is 1. The zero-order valence-electron chi connectivity index (χ0n) is 20.8. The van der Waals surface area contributed by atoms with Crippen molar-refractivity contribution < 1.29 is 31.2 Å². The van der Waals surface area contributed by atoms with Crippen LogP contribution in [-0.2, 0) is 26.0 Å². The second-order valence-corrected chi connectivity index (χ2v) is 12.8. The Morgan fingerprint density at radius 1 is 1.23 bits per heavy atom. The summed E-state index contributed by atoms with van der Waals surface area (Å²) in [6.45, 7) is 1.13. The van der Waals surface area contributed by atoms with Crippen molar-refractivity contribution in [1.29, 1.82) is 0 Å². The number of nitrogens with two attached hydrogens (primary N) is 1. The minimum Gasteiger partial charge on any atom is -0.368 e. The molecule has 0 radical (unpaired) electrons. The molecule has 2 unspecified atom stereocenters. The molecule has 1 saturated heterocycles. The summed E-state index contributed by atoms with van der Waals surface area (Å²) in [4.78, 5) is 36.8. The summed E-state index contributed by atoms with van der Waals surface area (Å²) in [6, 6.07) is 4.35. The van der Waals surface area contributed by atoms with Crippen LogP contribution in [0, 0.1) is 5.92 Å². The van der Waals surface area contributed by atoms with Crippen LogP contribution < -0.4 is 10.0 Å². The van der Waals surface area contributed by atoms with Gasteiger partial charge in [0.25, 0.3) is 0 Å². The minimum atomic E-state index is -4.29. The van der Waals surface area contributed by atoms with Crippen LogP contribution >= 0.6 is 23.4 Å². The average Bonchev–Trinajstić information content (AvgIpc) is 3.24. The van der Waals surface area contributed by atoms with E-state index in [2.05, 4.69) is 9.98 Å². The number of piperazine rings is 1. The largest absolute Gasteiger partial charge is 0.393 e. The lowest BCUT2D eigenvalue weighted by Crippen LogP contribution is -2.53. The van der Waals surface area contributed by atoms with Gasteiger partial charge < -0.3 is 15.5 Å². The zero-order chi connectivity index (χ0) is 28.5. The number of carbonyl (C=O) groups is 2. The molecule has 39 heavy (non-hydrogen) atoms. The highest BCUT2D eigenvalue weighted by molar-refractivity contribution is 8.04. The highest BCUT2D eigenvalue weighted by atomic mass is 35.5. The van der Waals surface area contributed by atoms with Crippen molar-refractivity contribution in [3.63, 3.8) is 0 Å². The fourth-order valence-electron chi connectivity index (χ4n) is 4.55. The van der Waals surface area contributed by atoms with Crippen LogP contribution in [-0.4, -0.2) is 92.7 Å². The number of fused-ring (bicyclic) bond motifs is 1. The molecule has 10 nitrogen and oxygen atoms in total. The molecule has 0 bridgehead atoms. The number of alkyl halides is 3. The number of thioether (sulfide) groups is 1. The summed E-state index contributed by atoms with van der Waals surface area (Å²) in [5.41, 5.74) is 5.80. The van der Waals surface area contributed by atoms with Crippen LogP contribution in [0.2, 0.25) is 5.02 Å². The Balaban J connectivity index is 1.37. The van der Waals surface area contributed by atoms with E-state index in [1.54, 1.807) is 11.0 Å². The molecule has 2 amide bonds. The van der Waals surface area contributed by atoms with E-state index in [0.29, 0.717) is 37.6 Å². The number of rotatable bonds is 7. The number of nitrogens with zero attached hydrogens (tertiary/aromatic N) is 5. The molecule has 3 heterocycles. The maximum absolute atomic E-state index is 13.0. The standard InChI is InChI=1S/C23H26ClF3N6O4S2/c1-39(36,37)33(12-19(28)34)15-3-2-14(18(24)9-15)8-20(35)31-4-6-32(7-5-31)21-17-10-16(11-23(25,26)27)38-22(17)30-13-29-21/h2-3,9-10,13,17,22H,4-8,11-12H2,1H3,(H2,28,34). The number of carbonyl (C=O) groups excluding carboxylic acids is 2. The second kappa shape index (κ2) is 11.4. The number of hydrogen-bond acceptors (Lipinski definition) is 8. The van der Waals surface area contributed by atoms with Crippen molar-refractivity contribution in [2.24, 2.45) is 21.6 Å². The number of aliphatic imine (C=N–C) groups is 2. The Kier molecular flexibility index (Phi) is 8.52. The molecule has 0 saturated carbocycles. The SMILES string of the molecule is CS(=O)(=O)N(CC(N)=O)c1ccc(CC(=O)N2CCN(C3=NC=NC4SC(CC(F)(F)F)=CC34)CC2)c(Cl)c1. The van der Waals surface area contributed by atoms with Gasteiger partial charge in [-0.1, -0.05) is 23.7 Å². The summed E-state index contributed by atoms with van der Waals surface area (Å²) in [7, 11) is -3.79. The number of amides is 2. The lowest BCUT2D eigenvalue weighted by atomic mass is 10.0. The van der Waals surface area contributed by atoms with E-state index in [1.807, 2.05) is 4.90 Å². The maximum atomic E-state index is 13.0. The van der Waals surface area contributed by atoms with Crippen LogP contribution in [0.5, 0.6) is 0 Å². The van der Waals surface area contributed by atoms with E-state index in [1.165, 1.54) is 24.5 Å². The molecular formula is C23H26ClF3N6O4S2. The van der Waals surface area contributed by atoms with E-state index in [-0.39, 0.29) is 39.2 Å². The first-order chi connectivity index (χ1) is 18.2. The topological polar surface area (TPSA) is 129 Å². The van der Waals surface area contributed by atoms with Gasteiger partial charge in [0, 0.05) is 31.2 Å². The molecule has 3 aliphatic heterocycles. The quantitative estimate of drug-likeness (QED) is 0.507. The molecule has 1 aromatic rings. The third-order valence-corrected chi connectivity index (χ3v) is 9.08. The second-order valence-electron chi connectivity index (χ2n) is 9.27. The molecule has 0 aliphatic carbocycles. The maximum Gasteiger partial charge on any atom is 0.393 e. The van der Waals surface area contributed by atoms with Crippen LogP contribution in [0.15, 0.2) is 39.2 Å². The van der Waals surface area contributed by atoms with Gasteiger partial charge in [0.05, 0.1) is 30.7 Å². The van der Waals surface area contributed by atoms with Crippen LogP contribution in [0.4, 0.5) is 18.9 Å². The lowest BCUT2D eigenvalue weighted by molar-refractivity contribution is -0.131. The van der Waals surface area contributed by atoms with Gasteiger partial charge in [-0.05, 0) is 22.6 Å². The lowest BCUT2D eigenvalue weighted by Gasteiger charge is -2.39. The smallest absolute Gasteiger partial charge is 0.368 e. The summed E-state index contributed by atoms with van der Waals surface area (Å²) in [6.07, 6.45) is -1.39. The highest BCUT2D eigenvalue weighted by Crippen LogP contribution is 2.44. The first-order valence-electron chi connectivity index (χ1n) is 11.8. The predicted octanol–water partition coefficient (Wildman–Crippen LogP) is 2.24. The van der Waals surface area contributed by atoms with E-state index in [4.69, 9.17) is 17.3 Å². The van der Waals surface area contributed by atoms with Crippen molar-refractivity contribution >= 4 is 63.1 Å². The minimum absolute atomic E-state index is 0.0215. The van der Waals surface area contributed by atoms with Gasteiger partial charge in [-0.25, -0.2) is 13.4 Å². The Morgan fingerprint density at radius 3 is 2.51 bits per heavy atom. The molecular weight excluding hydrogens is 581 g/mol. The summed E-state index contributed by atoms with van der Waals surface area (Å²) in [5.74, 6) is -0.716. The van der Waals surface area contributed by atoms with Gasteiger partial charge >= 0.3 is 6.18 Å². The molecule has 212 valence electrons. The van der Waals surface area contributed by atoms with Crippen molar-refractivity contribution in [3.05, 3.63) is 39.8 Å². The summed E-state index contributed by atoms with van der Waals surface area (Å²) >= 11 is 7.45. The molecule has 4 rings (SSSR count). The van der Waals surface area contributed by atoms with E-state index in [0.717, 1.165) is 22.3 Å². The van der Waals surface area contributed by atoms with Crippen LogP contribution in [0.1, 0.15) is 12.0 Å². The molecule has 0 spiro atoms. The fraction of sp³-hybridized carbons (Fsp3) is 0.478. The van der Waals surface area contributed by atoms with Gasteiger partial charge in [0.15, 0.2) is 0 Å². The van der Waals surface area contributed by atoms with Gasteiger partial charge in [-0.2, -0.15) is 13.2 Å². The fourth-order valence-corrected chi connectivity index (χ4v) is 6.89. The number of sulfonamides is 1. The molecule has 1 aromatic carbocycles. The van der Waals surface area contributed by atoms with E-state index >= 15 is 0 Å². The van der Waals surface area contributed by atoms with Crippen LogP contribution in [0.3, 0.4) is 0 Å². The number of benzene rings is 1. The van der Waals surface area contributed by atoms with Crippen molar-refractivity contribution in [2.75, 3.05) is 43.3 Å². The molecule has 2 atom stereocenters. The van der Waals surface area contributed by atoms with E-state index < -0.39 is 35.1 Å². The summed E-state index contributed by atoms with van der Waals surface area (Å²) in [5, 5.41) is -0.208. The Bertz CT molecular complexity index is 1340. The monoisotopic (exact) mass is 606 g/mol. The number of primary amides is 1. The van der Waals surface area contributed by atoms with Gasteiger partial charge in [-0.15, -0.1) is 11.8 Å². The highest BCUT2D eigenvalue weighted by Gasteiger charge is 2.40. The molecule has 1 fully saturated rings. The van der Waals surface area contributed by atoms with Crippen LogP contribution in [0.25, 0.3) is 0 Å². The first-order valence-corrected chi connectivity index (χ1v) is 14.9. The molecule has 3 aliphatic rings. The average molecular weight is 607 g/mol. The number of hydrogen-bond donors (Lipinski definition) is 1. The van der Waals surface area contributed by atoms with Crippen molar-refractivity contribution in [3.8, 4) is 0 Å². The summed E-state index contributed by atoms with van der Waals surface area (Å²) < 4.78 is 63.6. The van der Waals surface area contributed by atoms with Gasteiger partial charge in [0.2, 0.25) is 21.8 Å².